The van der Waals surface area contributed by atoms with E-state index in [1.165, 1.54) is 18.2 Å². The smallest absolute Gasteiger partial charge is 0.295 e. The molecule has 0 N–H and O–H groups in total. The fraction of sp³-hybridized carbons (Fsp3) is 0.154. The van der Waals surface area contributed by atoms with E-state index in [4.69, 9.17) is 4.42 Å². The molecule has 0 saturated heterocycles. The average Bonchev–Trinajstić information content (AvgIpc) is 3.12. The van der Waals surface area contributed by atoms with E-state index in [9.17, 15) is 14.0 Å². The van der Waals surface area contributed by atoms with Gasteiger partial charge in [-0.05, 0) is 66.3 Å². The number of carbonyl (C=O) groups excluding carboxylic acids is 1. The first-order valence-electron chi connectivity index (χ1n) is 10.3. The Hall–Kier alpha value is -3.38. The second-order valence-electron chi connectivity index (χ2n) is 7.69. The van der Waals surface area contributed by atoms with Crippen LogP contribution in [0.4, 0.5) is 10.1 Å². The Balaban J connectivity index is 1.77. The number of halogens is 1. The van der Waals surface area contributed by atoms with Gasteiger partial charge in [-0.25, -0.2) is 4.39 Å². The van der Waals surface area contributed by atoms with Crippen molar-refractivity contribution in [1.29, 1.82) is 0 Å². The predicted octanol–water partition coefficient (Wildman–Crippen LogP) is 5.97. The standard InChI is InChI=1S/C26H20FNO3S/c1-3-15-4-9-18(10-5-15)28-23(16-6-11-19(32-2)12-7-16)22-24(29)20-14-17(27)8-13-21(20)31-25(22)26(28)30/h4-14,23H,3H2,1-2H3. The van der Waals surface area contributed by atoms with Gasteiger partial charge in [0.15, 0.2) is 5.43 Å². The predicted molar refractivity (Wildman–Crippen MR) is 125 cm³/mol. The van der Waals surface area contributed by atoms with Gasteiger partial charge in [-0.1, -0.05) is 31.2 Å². The van der Waals surface area contributed by atoms with E-state index in [-0.39, 0.29) is 33.6 Å². The summed E-state index contributed by atoms with van der Waals surface area (Å²) in [5.74, 6) is -0.902. The number of nitrogens with zero attached hydrogens (tertiary/aromatic N) is 1. The van der Waals surface area contributed by atoms with Crippen molar-refractivity contribution in [1.82, 2.24) is 0 Å². The normalized spacial score (nSPS) is 15.4. The van der Waals surface area contributed by atoms with E-state index in [2.05, 4.69) is 6.92 Å². The molecule has 4 aromatic rings. The second-order valence-corrected chi connectivity index (χ2v) is 8.56. The molecule has 1 aliphatic heterocycles. The third-order valence-electron chi connectivity index (χ3n) is 5.89. The van der Waals surface area contributed by atoms with Crippen molar-refractivity contribution in [2.45, 2.75) is 24.3 Å². The maximum Gasteiger partial charge on any atom is 0.295 e. The molecule has 0 aliphatic carbocycles. The summed E-state index contributed by atoms with van der Waals surface area (Å²) in [6, 6.07) is 18.6. The summed E-state index contributed by atoms with van der Waals surface area (Å²) < 4.78 is 19.8. The molecule has 0 saturated carbocycles. The Morgan fingerprint density at radius 1 is 1.00 bits per heavy atom. The fourth-order valence-corrected chi connectivity index (χ4v) is 4.61. The molecule has 1 aliphatic rings. The number of rotatable bonds is 4. The van der Waals surface area contributed by atoms with Gasteiger partial charge in [-0.3, -0.25) is 14.5 Å². The Morgan fingerprint density at radius 3 is 2.38 bits per heavy atom. The molecule has 0 bridgehead atoms. The first-order valence-corrected chi connectivity index (χ1v) is 11.6. The lowest BCUT2D eigenvalue weighted by Crippen LogP contribution is -2.29. The number of fused-ring (bicyclic) bond motifs is 2. The minimum Gasteiger partial charge on any atom is -0.450 e. The topological polar surface area (TPSA) is 50.5 Å². The van der Waals surface area contributed by atoms with Crippen LogP contribution in [0.5, 0.6) is 0 Å². The summed E-state index contributed by atoms with van der Waals surface area (Å²) in [7, 11) is 0. The van der Waals surface area contributed by atoms with E-state index in [0.717, 1.165) is 22.4 Å². The molecular formula is C26H20FNO3S. The first kappa shape index (κ1) is 20.5. The molecule has 32 heavy (non-hydrogen) atoms. The van der Waals surface area contributed by atoms with Crippen molar-refractivity contribution < 1.29 is 13.6 Å². The summed E-state index contributed by atoms with van der Waals surface area (Å²) in [6.45, 7) is 2.06. The molecule has 0 radical (unpaired) electrons. The van der Waals surface area contributed by atoms with Crippen LogP contribution in [0.1, 0.15) is 40.2 Å². The lowest BCUT2D eigenvalue weighted by Gasteiger charge is -2.25. The third kappa shape index (κ3) is 3.22. The molecule has 6 heteroatoms. The molecule has 160 valence electrons. The third-order valence-corrected chi connectivity index (χ3v) is 6.63. The van der Waals surface area contributed by atoms with Gasteiger partial charge in [-0.15, -0.1) is 11.8 Å². The van der Waals surface area contributed by atoms with Crippen molar-refractivity contribution in [3.8, 4) is 0 Å². The van der Waals surface area contributed by atoms with Gasteiger partial charge in [0.25, 0.3) is 5.91 Å². The SMILES string of the molecule is CCc1ccc(N2C(=O)c3oc4ccc(F)cc4c(=O)c3C2c2ccc(SC)cc2)cc1. The van der Waals surface area contributed by atoms with Crippen molar-refractivity contribution in [2.24, 2.45) is 0 Å². The molecule has 1 amide bonds. The minimum absolute atomic E-state index is 0.00705. The van der Waals surface area contributed by atoms with Gasteiger partial charge in [-0.2, -0.15) is 0 Å². The lowest BCUT2D eigenvalue weighted by atomic mass is 9.98. The van der Waals surface area contributed by atoms with Crippen LogP contribution in [-0.4, -0.2) is 12.2 Å². The summed E-state index contributed by atoms with van der Waals surface area (Å²) in [6.07, 6.45) is 2.87. The molecule has 0 spiro atoms. The number of thioether (sulfide) groups is 1. The van der Waals surface area contributed by atoms with E-state index < -0.39 is 11.9 Å². The molecule has 1 unspecified atom stereocenters. The lowest BCUT2D eigenvalue weighted by molar-refractivity contribution is 0.0971. The summed E-state index contributed by atoms with van der Waals surface area (Å²) in [5, 5.41) is 0.130. The van der Waals surface area contributed by atoms with Crippen molar-refractivity contribution in [3.05, 3.63) is 105 Å². The molecule has 3 aromatic carbocycles. The van der Waals surface area contributed by atoms with Crippen LogP contribution in [0, 0.1) is 5.82 Å². The van der Waals surface area contributed by atoms with Crippen LogP contribution in [0.25, 0.3) is 11.0 Å². The Kier molecular flexibility index (Phi) is 5.10. The molecule has 0 fully saturated rings. The molecule has 4 nitrogen and oxygen atoms in total. The number of benzene rings is 3. The van der Waals surface area contributed by atoms with Crippen LogP contribution in [-0.2, 0) is 6.42 Å². The van der Waals surface area contributed by atoms with Crippen LogP contribution < -0.4 is 10.3 Å². The average molecular weight is 446 g/mol. The van der Waals surface area contributed by atoms with Crippen LogP contribution in [0.15, 0.2) is 80.8 Å². The van der Waals surface area contributed by atoms with Gasteiger partial charge < -0.3 is 4.42 Å². The number of carbonyl (C=O) groups is 1. The second kappa shape index (κ2) is 7.95. The van der Waals surface area contributed by atoms with Crippen molar-refractivity contribution >= 4 is 34.3 Å². The van der Waals surface area contributed by atoms with E-state index in [1.807, 2.05) is 54.8 Å². The van der Waals surface area contributed by atoms with Gasteiger partial charge in [0.2, 0.25) is 5.76 Å². The highest BCUT2D eigenvalue weighted by Crippen LogP contribution is 2.41. The number of hydrogen-bond acceptors (Lipinski definition) is 4. The molecule has 5 rings (SSSR count). The minimum atomic E-state index is -0.662. The Bertz CT molecular complexity index is 1390. The molecule has 1 aromatic heterocycles. The summed E-state index contributed by atoms with van der Waals surface area (Å²) in [4.78, 5) is 29.7. The van der Waals surface area contributed by atoms with E-state index >= 15 is 0 Å². The summed E-state index contributed by atoms with van der Waals surface area (Å²) >= 11 is 1.61. The molecular weight excluding hydrogens is 425 g/mol. The maximum absolute atomic E-state index is 13.9. The maximum atomic E-state index is 13.9. The van der Waals surface area contributed by atoms with Gasteiger partial charge >= 0.3 is 0 Å². The van der Waals surface area contributed by atoms with E-state index in [0.29, 0.717) is 5.69 Å². The van der Waals surface area contributed by atoms with Crippen LogP contribution in [0.2, 0.25) is 0 Å². The summed E-state index contributed by atoms with van der Waals surface area (Å²) in [5.41, 5.74) is 2.66. The van der Waals surface area contributed by atoms with Crippen LogP contribution >= 0.6 is 11.8 Å². The van der Waals surface area contributed by atoms with Gasteiger partial charge in [0.1, 0.15) is 11.4 Å². The van der Waals surface area contributed by atoms with Crippen LogP contribution in [0.3, 0.4) is 0 Å². The van der Waals surface area contributed by atoms with E-state index in [1.54, 1.807) is 16.7 Å². The van der Waals surface area contributed by atoms with Crippen molar-refractivity contribution in [2.75, 3.05) is 11.2 Å². The number of hydrogen-bond donors (Lipinski definition) is 0. The van der Waals surface area contributed by atoms with Gasteiger partial charge in [0, 0.05) is 10.6 Å². The molecule has 1 atom stereocenters. The quantitative estimate of drug-likeness (QED) is 0.363. The highest BCUT2D eigenvalue weighted by atomic mass is 32.2. The fourth-order valence-electron chi connectivity index (χ4n) is 4.21. The number of amides is 1. The highest BCUT2D eigenvalue weighted by molar-refractivity contribution is 7.98. The zero-order valence-electron chi connectivity index (χ0n) is 17.6. The Morgan fingerprint density at radius 2 is 1.72 bits per heavy atom. The zero-order chi connectivity index (χ0) is 22.4. The monoisotopic (exact) mass is 445 g/mol. The molecule has 2 heterocycles. The zero-order valence-corrected chi connectivity index (χ0v) is 18.4. The number of aryl methyl sites for hydroxylation is 1. The first-order chi connectivity index (χ1) is 15.5. The number of anilines is 1. The van der Waals surface area contributed by atoms with Crippen molar-refractivity contribution in [3.63, 3.8) is 0 Å². The highest BCUT2D eigenvalue weighted by Gasteiger charge is 2.43. The largest absolute Gasteiger partial charge is 0.450 e. The van der Waals surface area contributed by atoms with Gasteiger partial charge in [0.05, 0.1) is 17.0 Å². The Labute approximate surface area is 188 Å².